The molecule has 1 aliphatic rings. The van der Waals surface area contributed by atoms with Gasteiger partial charge in [-0.2, -0.15) is 0 Å². The molecule has 0 saturated heterocycles. The van der Waals surface area contributed by atoms with Crippen LogP contribution in [0.1, 0.15) is 33.1 Å². The first kappa shape index (κ1) is 14.7. The first-order valence-electron chi connectivity index (χ1n) is 6.76. The van der Waals surface area contributed by atoms with E-state index in [-0.39, 0.29) is 22.5 Å². The van der Waals surface area contributed by atoms with Crippen molar-refractivity contribution in [3.05, 3.63) is 30.1 Å². The molecule has 2 nitrogen and oxygen atoms in total. The smallest absolute Gasteiger partial charge is 0.123 e. The second-order valence-electron chi connectivity index (χ2n) is 6.09. The highest BCUT2D eigenvalue weighted by molar-refractivity contribution is 7.85. The Morgan fingerprint density at radius 1 is 1.32 bits per heavy atom. The molecule has 0 heterocycles. The van der Waals surface area contributed by atoms with Gasteiger partial charge in [-0.3, -0.25) is 4.21 Å². The van der Waals surface area contributed by atoms with Crippen LogP contribution in [0.3, 0.4) is 0 Å². The molecule has 0 bridgehead atoms. The van der Waals surface area contributed by atoms with E-state index in [0.29, 0.717) is 0 Å². The van der Waals surface area contributed by atoms with Crippen molar-refractivity contribution in [2.24, 2.45) is 5.41 Å². The molecular weight excluding hydrogens is 261 g/mol. The van der Waals surface area contributed by atoms with Crippen LogP contribution in [-0.4, -0.2) is 22.5 Å². The topological polar surface area (TPSA) is 29.1 Å². The molecule has 4 heteroatoms. The van der Waals surface area contributed by atoms with Crippen molar-refractivity contribution in [3.8, 4) is 0 Å². The zero-order chi connectivity index (χ0) is 14.0. The van der Waals surface area contributed by atoms with Gasteiger partial charge in [0.05, 0.1) is 16.0 Å². The molecule has 106 valence electrons. The van der Waals surface area contributed by atoms with Gasteiger partial charge in [0, 0.05) is 10.9 Å². The molecule has 0 aromatic heterocycles. The van der Waals surface area contributed by atoms with Crippen LogP contribution in [0, 0.1) is 11.2 Å². The molecule has 1 aliphatic carbocycles. The highest BCUT2D eigenvalue weighted by Gasteiger charge is 2.37. The van der Waals surface area contributed by atoms with Gasteiger partial charge in [0.25, 0.3) is 0 Å². The van der Waals surface area contributed by atoms with Crippen molar-refractivity contribution in [3.63, 3.8) is 0 Å². The maximum absolute atomic E-state index is 12.9. The summed E-state index contributed by atoms with van der Waals surface area (Å²) in [5, 5.41) is 3.38. The minimum Gasteiger partial charge on any atom is -0.316 e. The van der Waals surface area contributed by atoms with Gasteiger partial charge in [-0.25, -0.2) is 4.39 Å². The number of benzene rings is 1. The summed E-state index contributed by atoms with van der Waals surface area (Å²) in [7, 11) is 0.845. The van der Waals surface area contributed by atoms with E-state index in [0.717, 1.165) is 24.2 Å². The van der Waals surface area contributed by atoms with E-state index in [4.69, 9.17) is 0 Å². The van der Waals surface area contributed by atoms with Crippen molar-refractivity contribution in [2.45, 2.75) is 49.3 Å². The van der Waals surface area contributed by atoms with Crippen LogP contribution in [0.5, 0.6) is 0 Å². The van der Waals surface area contributed by atoms with Crippen molar-refractivity contribution >= 4 is 10.8 Å². The summed E-state index contributed by atoms with van der Waals surface area (Å²) in [5.41, 5.74) is 0.230. The normalized spacial score (nSPS) is 28.0. The average molecular weight is 283 g/mol. The quantitative estimate of drug-likeness (QED) is 0.923. The Balaban J connectivity index is 2.21. The SMILES string of the molecule is CNC1CCC(C)(C)CC1S(=O)c1ccc(F)cc1. The Morgan fingerprint density at radius 2 is 1.95 bits per heavy atom. The Hall–Kier alpha value is -0.740. The Bertz CT molecular complexity index is 458. The van der Waals surface area contributed by atoms with E-state index < -0.39 is 10.8 Å². The molecule has 2 rings (SSSR count). The Kier molecular flexibility index (Phi) is 4.41. The summed E-state index contributed by atoms with van der Waals surface area (Å²) in [6.45, 7) is 4.46. The van der Waals surface area contributed by atoms with Crippen LogP contribution in [0.25, 0.3) is 0 Å². The Morgan fingerprint density at radius 3 is 2.53 bits per heavy atom. The molecular formula is C15H22FNOS. The maximum atomic E-state index is 12.9. The van der Waals surface area contributed by atoms with E-state index in [2.05, 4.69) is 19.2 Å². The lowest BCUT2D eigenvalue weighted by atomic mass is 9.75. The molecule has 0 spiro atoms. The van der Waals surface area contributed by atoms with Gasteiger partial charge in [0.2, 0.25) is 0 Å². The van der Waals surface area contributed by atoms with E-state index in [1.165, 1.54) is 12.1 Å². The van der Waals surface area contributed by atoms with Crippen molar-refractivity contribution in [1.82, 2.24) is 5.32 Å². The summed E-state index contributed by atoms with van der Waals surface area (Å²) in [4.78, 5) is 0.726. The zero-order valence-electron chi connectivity index (χ0n) is 11.8. The molecule has 19 heavy (non-hydrogen) atoms. The summed E-state index contributed by atoms with van der Waals surface area (Å²) in [6.07, 6.45) is 3.12. The van der Waals surface area contributed by atoms with Gasteiger partial charge in [-0.1, -0.05) is 13.8 Å². The third-order valence-electron chi connectivity index (χ3n) is 4.03. The van der Waals surface area contributed by atoms with Gasteiger partial charge < -0.3 is 5.32 Å². The highest BCUT2D eigenvalue weighted by Crippen LogP contribution is 2.38. The van der Waals surface area contributed by atoms with Crippen LogP contribution < -0.4 is 5.32 Å². The van der Waals surface area contributed by atoms with Crippen molar-refractivity contribution in [1.29, 1.82) is 0 Å². The van der Waals surface area contributed by atoms with Crippen LogP contribution in [0.15, 0.2) is 29.2 Å². The fourth-order valence-corrected chi connectivity index (χ4v) is 4.75. The highest BCUT2D eigenvalue weighted by atomic mass is 32.2. The third kappa shape index (κ3) is 3.42. The van der Waals surface area contributed by atoms with Gasteiger partial charge >= 0.3 is 0 Å². The fourth-order valence-electron chi connectivity index (χ4n) is 2.82. The van der Waals surface area contributed by atoms with Gasteiger partial charge in [-0.15, -0.1) is 0 Å². The first-order chi connectivity index (χ1) is 8.93. The summed E-state index contributed by atoms with van der Waals surface area (Å²) in [5.74, 6) is -0.283. The molecule has 0 radical (unpaired) electrons. The summed E-state index contributed by atoms with van der Waals surface area (Å²) in [6, 6.07) is 6.32. The lowest BCUT2D eigenvalue weighted by molar-refractivity contribution is 0.216. The third-order valence-corrected chi connectivity index (χ3v) is 5.81. The van der Waals surface area contributed by atoms with E-state index in [1.807, 2.05) is 7.05 Å². The summed E-state index contributed by atoms with van der Waals surface area (Å²) < 4.78 is 25.7. The lowest BCUT2D eigenvalue weighted by Crippen LogP contribution is -2.47. The number of rotatable bonds is 3. The minimum absolute atomic E-state index is 0.0965. The molecule has 1 saturated carbocycles. The predicted molar refractivity (Wildman–Crippen MR) is 77.1 cm³/mol. The van der Waals surface area contributed by atoms with E-state index in [9.17, 15) is 8.60 Å². The largest absolute Gasteiger partial charge is 0.316 e. The standard InChI is InChI=1S/C15H22FNOS/c1-15(2)9-8-13(17-3)14(10-15)19(18)12-6-4-11(16)5-7-12/h4-7,13-14,17H,8-10H2,1-3H3. The number of nitrogens with one attached hydrogen (secondary N) is 1. The van der Waals surface area contributed by atoms with Gasteiger partial charge in [0.15, 0.2) is 0 Å². The molecule has 1 aromatic rings. The van der Waals surface area contributed by atoms with Gasteiger partial charge in [0.1, 0.15) is 5.82 Å². The number of hydrogen-bond donors (Lipinski definition) is 1. The minimum atomic E-state index is -1.08. The maximum Gasteiger partial charge on any atom is 0.123 e. The summed E-state index contributed by atoms with van der Waals surface area (Å²) >= 11 is 0. The van der Waals surface area contributed by atoms with Crippen molar-refractivity contribution < 1.29 is 8.60 Å². The average Bonchev–Trinajstić information content (AvgIpc) is 2.38. The molecule has 1 fully saturated rings. The van der Waals surface area contributed by atoms with Crippen LogP contribution >= 0.6 is 0 Å². The van der Waals surface area contributed by atoms with Crippen molar-refractivity contribution in [2.75, 3.05) is 7.05 Å². The van der Waals surface area contributed by atoms with E-state index in [1.54, 1.807) is 12.1 Å². The second kappa shape index (κ2) is 5.71. The molecule has 3 unspecified atom stereocenters. The van der Waals surface area contributed by atoms with Gasteiger partial charge in [-0.05, 0) is 56.0 Å². The molecule has 1 aromatic carbocycles. The van der Waals surface area contributed by atoms with E-state index >= 15 is 0 Å². The van der Waals surface area contributed by atoms with Crippen LogP contribution in [0.2, 0.25) is 0 Å². The Labute approximate surface area is 117 Å². The number of hydrogen-bond acceptors (Lipinski definition) is 2. The van der Waals surface area contributed by atoms with Crippen LogP contribution in [-0.2, 0) is 10.8 Å². The number of halogens is 1. The molecule has 0 amide bonds. The van der Waals surface area contributed by atoms with Crippen LogP contribution in [0.4, 0.5) is 4.39 Å². The zero-order valence-corrected chi connectivity index (χ0v) is 12.6. The fraction of sp³-hybridized carbons (Fsp3) is 0.600. The molecule has 3 atom stereocenters. The molecule has 1 N–H and O–H groups in total. The lowest BCUT2D eigenvalue weighted by Gasteiger charge is -2.40. The predicted octanol–water partition coefficient (Wildman–Crippen LogP) is 3.10. The second-order valence-corrected chi connectivity index (χ2v) is 7.76. The first-order valence-corrected chi connectivity index (χ1v) is 7.98. The molecule has 0 aliphatic heterocycles. The monoisotopic (exact) mass is 283 g/mol.